The second kappa shape index (κ2) is 7.56. The zero-order valence-electron chi connectivity index (χ0n) is 13.6. The second-order valence-corrected chi connectivity index (χ2v) is 5.65. The molecule has 0 saturated heterocycles. The molecule has 0 bridgehead atoms. The molecule has 1 aliphatic rings. The molecule has 0 unspecified atom stereocenters. The third-order valence-corrected chi connectivity index (χ3v) is 3.81. The van der Waals surface area contributed by atoms with E-state index in [2.05, 4.69) is 34.5 Å². The first-order valence-corrected chi connectivity index (χ1v) is 7.63. The fourth-order valence-corrected chi connectivity index (χ4v) is 2.20. The van der Waals surface area contributed by atoms with Crippen LogP contribution in [0.3, 0.4) is 0 Å². The van der Waals surface area contributed by atoms with E-state index >= 15 is 0 Å². The summed E-state index contributed by atoms with van der Waals surface area (Å²) in [6, 6.07) is 0. The minimum Gasteiger partial charge on any atom is -0.383 e. The van der Waals surface area contributed by atoms with Crippen molar-refractivity contribution >= 4 is 11.6 Å². The Morgan fingerprint density at radius 2 is 1.95 bits per heavy atom. The number of hydrogen-bond acceptors (Lipinski definition) is 6. The molecule has 1 heterocycles. The van der Waals surface area contributed by atoms with Crippen LogP contribution in [0.5, 0.6) is 0 Å². The van der Waals surface area contributed by atoms with Crippen molar-refractivity contribution in [2.45, 2.75) is 25.7 Å². The van der Waals surface area contributed by atoms with E-state index in [0.29, 0.717) is 5.92 Å². The van der Waals surface area contributed by atoms with Gasteiger partial charge in [-0.05, 0) is 26.8 Å². The summed E-state index contributed by atoms with van der Waals surface area (Å²) in [5.74, 6) is 3.42. The van der Waals surface area contributed by atoms with Gasteiger partial charge in [0.25, 0.3) is 0 Å². The second-order valence-electron chi connectivity index (χ2n) is 5.65. The van der Waals surface area contributed by atoms with Gasteiger partial charge in [-0.1, -0.05) is 0 Å². The van der Waals surface area contributed by atoms with Crippen molar-refractivity contribution in [2.24, 2.45) is 0 Å². The summed E-state index contributed by atoms with van der Waals surface area (Å²) >= 11 is 0. The zero-order chi connectivity index (χ0) is 15.2. The molecule has 1 fully saturated rings. The first-order valence-electron chi connectivity index (χ1n) is 7.63. The van der Waals surface area contributed by atoms with Gasteiger partial charge in [0, 0.05) is 45.3 Å². The highest BCUT2D eigenvalue weighted by Gasteiger charge is 2.28. The molecule has 6 heteroatoms. The van der Waals surface area contributed by atoms with Crippen LogP contribution in [0.4, 0.5) is 11.6 Å². The van der Waals surface area contributed by atoms with E-state index in [9.17, 15) is 0 Å². The Balaban J connectivity index is 1.93. The topological polar surface area (TPSA) is 62.3 Å². The van der Waals surface area contributed by atoms with Crippen LogP contribution in [0, 0.1) is 6.92 Å². The molecule has 2 rings (SSSR count). The maximum atomic E-state index is 5.08. The maximum absolute atomic E-state index is 5.08. The van der Waals surface area contributed by atoms with E-state index in [-0.39, 0.29) is 0 Å². The number of aromatic nitrogens is 2. The predicted molar refractivity (Wildman–Crippen MR) is 86.2 cm³/mol. The van der Waals surface area contributed by atoms with Gasteiger partial charge < -0.3 is 20.3 Å². The summed E-state index contributed by atoms with van der Waals surface area (Å²) < 4.78 is 5.08. The molecular weight excluding hydrogens is 266 g/mol. The number of nitrogens with zero attached hydrogens (tertiary/aromatic N) is 3. The molecule has 0 amide bonds. The van der Waals surface area contributed by atoms with Crippen molar-refractivity contribution in [1.29, 1.82) is 0 Å². The minimum absolute atomic E-state index is 0.558. The van der Waals surface area contributed by atoms with Crippen molar-refractivity contribution in [3.63, 3.8) is 0 Å². The largest absolute Gasteiger partial charge is 0.383 e. The summed E-state index contributed by atoms with van der Waals surface area (Å²) in [7, 11) is 5.74. The molecule has 1 aromatic heterocycles. The highest BCUT2D eigenvalue weighted by Crippen LogP contribution is 2.39. The van der Waals surface area contributed by atoms with Crippen molar-refractivity contribution in [2.75, 3.05) is 58.1 Å². The van der Waals surface area contributed by atoms with E-state index in [1.165, 1.54) is 12.8 Å². The van der Waals surface area contributed by atoms with Crippen LogP contribution in [0.2, 0.25) is 0 Å². The molecule has 0 aromatic carbocycles. The summed E-state index contributed by atoms with van der Waals surface area (Å²) in [6.45, 7) is 5.58. The summed E-state index contributed by atoms with van der Waals surface area (Å²) in [5.41, 5.74) is 1.08. The van der Waals surface area contributed by atoms with Crippen LogP contribution in [-0.4, -0.2) is 62.3 Å². The number of hydrogen-bond donors (Lipinski definition) is 2. The molecule has 0 radical (unpaired) electrons. The van der Waals surface area contributed by atoms with Crippen molar-refractivity contribution in [3.05, 3.63) is 11.4 Å². The first kappa shape index (κ1) is 16.0. The standard InChI is InChI=1S/C15H27N5O/c1-11-13(16-2)18-15(12-5-6-12)19-14(11)17-7-8-20(3)9-10-21-4/h12H,5-10H2,1-4H3,(H2,16,17,18,19). The lowest BCUT2D eigenvalue weighted by Gasteiger charge is -2.18. The van der Waals surface area contributed by atoms with E-state index in [1.54, 1.807) is 7.11 Å². The third kappa shape index (κ3) is 4.54. The zero-order valence-corrected chi connectivity index (χ0v) is 13.6. The molecule has 1 aromatic rings. The molecule has 0 atom stereocenters. The first-order chi connectivity index (χ1) is 10.2. The minimum atomic E-state index is 0.558. The van der Waals surface area contributed by atoms with Crippen LogP contribution in [0.1, 0.15) is 30.1 Å². The Morgan fingerprint density at radius 3 is 2.57 bits per heavy atom. The highest BCUT2D eigenvalue weighted by molar-refractivity contribution is 5.57. The van der Waals surface area contributed by atoms with Gasteiger partial charge in [-0.2, -0.15) is 0 Å². The number of nitrogens with one attached hydrogen (secondary N) is 2. The van der Waals surface area contributed by atoms with Gasteiger partial charge in [0.15, 0.2) is 0 Å². The molecule has 21 heavy (non-hydrogen) atoms. The van der Waals surface area contributed by atoms with Crippen molar-refractivity contribution in [3.8, 4) is 0 Å². The van der Waals surface area contributed by atoms with Gasteiger partial charge in [-0.15, -0.1) is 0 Å². The Kier molecular flexibility index (Phi) is 5.76. The quantitative estimate of drug-likeness (QED) is 0.722. The highest BCUT2D eigenvalue weighted by atomic mass is 16.5. The average Bonchev–Trinajstić information content (AvgIpc) is 3.31. The molecule has 6 nitrogen and oxygen atoms in total. The summed E-state index contributed by atoms with van der Waals surface area (Å²) in [4.78, 5) is 11.5. The fourth-order valence-electron chi connectivity index (χ4n) is 2.20. The van der Waals surface area contributed by atoms with E-state index in [0.717, 1.165) is 49.3 Å². The molecular formula is C15H27N5O. The molecule has 2 N–H and O–H groups in total. The van der Waals surface area contributed by atoms with Gasteiger partial charge in [0.05, 0.1) is 6.61 Å². The van der Waals surface area contributed by atoms with Gasteiger partial charge in [0.2, 0.25) is 0 Å². The van der Waals surface area contributed by atoms with Crippen LogP contribution in [-0.2, 0) is 4.74 Å². The molecule has 0 aliphatic heterocycles. The monoisotopic (exact) mass is 293 g/mol. The van der Waals surface area contributed by atoms with Gasteiger partial charge in [-0.25, -0.2) is 9.97 Å². The number of likely N-dealkylation sites (N-methyl/N-ethyl adjacent to an activating group) is 1. The van der Waals surface area contributed by atoms with Crippen LogP contribution >= 0.6 is 0 Å². The van der Waals surface area contributed by atoms with Crippen LogP contribution in [0.25, 0.3) is 0 Å². The Labute approximate surface area is 127 Å². The number of rotatable bonds is 9. The molecule has 0 spiro atoms. The lowest BCUT2D eigenvalue weighted by Crippen LogP contribution is -2.28. The lowest BCUT2D eigenvalue weighted by atomic mass is 10.2. The average molecular weight is 293 g/mol. The Morgan fingerprint density at radius 1 is 1.24 bits per heavy atom. The smallest absolute Gasteiger partial charge is 0.136 e. The molecule has 118 valence electrons. The van der Waals surface area contributed by atoms with Crippen LogP contribution in [0.15, 0.2) is 0 Å². The molecule has 1 saturated carbocycles. The number of ether oxygens (including phenoxy) is 1. The number of anilines is 2. The normalized spacial score (nSPS) is 14.5. The summed E-state index contributed by atoms with van der Waals surface area (Å²) in [6.07, 6.45) is 2.43. The van der Waals surface area contributed by atoms with Crippen LogP contribution < -0.4 is 10.6 Å². The SMILES string of the molecule is CNc1nc(C2CC2)nc(NCCN(C)CCOC)c1C. The fraction of sp³-hybridized carbons (Fsp3) is 0.733. The number of methoxy groups -OCH3 is 1. The molecule has 1 aliphatic carbocycles. The maximum Gasteiger partial charge on any atom is 0.136 e. The lowest BCUT2D eigenvalue weighted by molar-refractivity contribution is 0.163. The van der Waals surface area contributed by atoms with E-state index in [4.69, 9.17) is 9.72 Å². The van der Waals surface area contributed by atoms with Crippen molar-refractivity contribution in [1.82, 2.24) is 14.9 Å². The summed E-state index contributed by atoms with van der Waals surface area (Å²) in [5, 5.41) is 6.61. The predicted octanol–water partition coefficient (Wildman–Crippen LogP) is 1.69. The van der Waals surface area contributed by atoms with Gasteiger partial charge in [-0.3, -0.25) is 0 Å². The van der Waals surface area contributed by atoms with Crippen molar-refractivity contribution < 1.29 is 4.74 Å². The third-order valence-electron chi connectivity index (χ3n) is 3.81. The van der Waals surface area contributed by atoms with Gasteiger partial charge in [0.1, 0.15) is 17.5 Å². The Bertz CT molecular complexity index is 462. The Hall–Kier alpha value is -1.40. The van der Waals surface area contributed by atoms with E-state index in [1.807, 2.05) is 7.05 Å². The van der Waals surface area contributed by atoms with Gasteiger partial charge >= 0.3 is 0 Å². The van der Waals surface area contributed by atoms with E-state index < -0.39 is 0 Å².